The number of halogens is 3. The van der Waals surface area contributed by atoms with Gasteiger partial charge in [-0.3, -0.25) is 4.79 Å². The second kappa shape index (κ2) is 9.88. The molecule has 3 aromatic rings. The van der Waals surface area contributed by atoms with Crippen molar-refractivity contribution in [1.29, 1.82) is 0 Å². The molecule has 4 rings (SSSR count). The number of urea groups is 1. The monoisotopic (exact) mass is 483 g/mol. The molecule has 0 unspecified atom stereocenters. The van der Waals surface area contributed by atoms with Crippen molar-refractivity contribution in [2.45, 2.75) is 25.9 Å². The van der Waals surface area contributed by atoms with Gasteiger partial charge in [0.05, 0.1) is 17.4 Å². The Morgan fingerprint density at radius 2 is 1.69 bits per heavy atom. The number of pyridine rings is 1. The van der Waals surface area contributed by atoms with E-state index in [4.69, 9.17) is 9.47 Å². The van der Waals surface area contributed by atoms with Crippen LogP contribution in [0.25, 0.3) is 5.76 Å². The summed E-state index contributed by atoms with van der Waals surface area (Å²) in [6, 6.07) is 12.0. The Labute approximate surface area is 198 Å². The van der Waals surface area contributed by atoms with Crippen LogP contribution in [0.5, 0.6) is 11.6 Å². The molecule has 0 saturated carbocycles. The third-order valence-electron chi connectivity index (χ3n) is 5.03. The smallest absolute Gasteiger partial charge is 0.416 e. The fourth-order valence-corrected chi connectivity index (χ4v) is 3.47. The number of anilines is 2. The van der Waals surface area contributed by atoms with E-state index in [1.54, 1.807) is 18.2 Å². The molecule has 10 heteroatoms. The Bertz CT molecular complexity index is 1270. The zero-order valence-corrected chi connectivity index (χ0v) is 18.5. The topological polar surface area (TPSA) is 89.5 Å². The summed E-state index contributed by atoms with van der Waals surface area (Å²) in [6.07, 6.45) is 0.347. The predicted octanol–water partition coefficient (Wildman–Crippen LogP) is 6.39. The average molecular weight is 483 g/mol. The Hall–Kier alpha value is -4.34. The number of hydrogen-bond donors (Lipinski definition) is 2. The molecular formula is C25H20F3N3O4. The number of amides is 2. The second-order valence-electron chi connectivity index (χ2n) is 7.66. The van der Waals surface area contributed by atoms with E-state index in [0.717, 1.165) is 36.1 Å². The van der Waals surface area contributed by atoms with Crippen LogP contribution in [0, 0.1) is 0 Å². The molecule has 0 saturated heterocycles. The number of aromatic nitrogens is 1. The SMILES string of the molecule is CC(=O)OC1=CCCc2cc(Oc3ccc(NC(=O)Nc4ccc(C(F)(F)F)cc4)cn3)ccc21. The van der Waals surface area contributed by atoms with Crippen molar-refractivity contribution in [1.82, 2.24) is 4.98 Å². The van der Waals surface area contributed by atoms with Crippen LogP contribution < -0.4 is 15.4 Å². The van der Waals surface area contributed by atoms with Crippen LogP contribution in [0.2, 0.25) is 0 Å². The minimum atomic E-state index is -4.45. The maximum absolute atomic E-state index is 12.6. The molecule has 35 heavy (non-hydrogen) atoms. The molecule has 0 radical (unpaired) electrons. The lowest BCUT2D eigenvalue weighted by Crippen LogP contribution is -2.19. The van der Waals surface area contributed by atoms with Gasteiger partial charge in [-0.15, -0.1) is 0 Å². The number of ether oxygens (including phenoxy) is 2. The quantitative estimate of drug-likeness (QED) is 0.411. The van der Waals surface area contributed by atoms with E-state index >= 15 is 0 Å². The molecule has 1 aromatic heterocycles. The predicted molar refractivity (Wildman–Crippen MR) is 123 cm³/mol. The van der Waals surface area contributed by atoms with Gasteiger partial charge < -0.3 is 20.1 Å². The minimum absolute atomic E-state index is 0.211. The zero-order chi connectivity index (χ0) is 25.0. The van der Waals surface area contributed by atoms with E-state index in [-0.39, 0.29) is 11.7 Å². The van der Waals surface area contributed by atoms with Crippen LogP contribution in [-0.2, 0) is 22.1 Å². The van der Waals surface area contributed by atoms with Crippen LogP contribution in [-0.4, -0.2) is 17.0 Å². The summed E-state index contributed by atoms with van der Waals surface area (Å²) >= 11 is 0. The molecule has 180 valence electrons. The summed E-state index contributed by atoms with van der Waals surface area (Å²) in [5.74, 6) is 1.01. The lowest BCUT2D eigenvalue weighted by atomic mass is 9.95. The van der Waals surface area contributed by atoms with Gasteiger partial charge in [-0.05, 0) is 73.0 Å². The number of nitrogens with zero attached hydrogens (tertiary/aromatic N) is 1. The Kier molecular flexibility index (Phi) is 6.72. The molecular weight excluding hydrogens is 463 g/mol. The maximum Gasteiger partial charge on any atom is 0.416 e. The number of hydrogen-bond acceptors (Lipinski definition) is 5. The van der Waals surface area contributed by atoms with E-state index < -0.39 is 17.8 Å². The normalized spacial score (nSPS) is 12.7. The van der Waals surface area contributed by atoms with Gasteiger partial charge in [0.15, 0.2) is 0 Å². The van der Waals surface area contributed by atoms with Crippen molar-refractivity contribution in [3.63, 3.8) is 0 Å². The van der Waals surface area contributed by atoms with Crippen molar-refractivity contribution in [3.8, 4) is 11.6 Å². The molecule has 2 aromatic carbocycles. The zero-order valence-electron chi connectivity index (χ0n) is 18.5. The van der Waals surface area contributed by atoms with Crippen LogP contribution >= 0.6 is 0 Å². The van der Waals surface area contributed by atoms with E-state index in [2.05, 4.69) is 15.6 Å². The lowest BCUT2D eigenvalue weighted by molar-refractivity contribution is -0.137. The molecule has 7 nitrogen and oxygen atoms in total. The van der Waals surface area contributed by atoms with Crippen molar-refractivity contribution in [3.05, 3.63) is 83.6 Å². The van der Waals surface area contributed by atoms with Gasteiger partial charge in [0, 0.05) is 24.2 Å². The lowest BCUT2D eigenvalue weighted by Gasteiger charge is -2.18. The number of carbonyl (C=O) groups is 2. The van der Waals surface area contributed by atoms with Crippen molar-refractivity contribution in [2.24, 2.45) is 0 Å². The molecule has 1 aliphatic rings. The molecule has 0 fully saturated rings. The highest BCUT2D eigenvalue weighted by atomic mass is 19.4. The number of allylic oxidation sites excluding steroid dienone is 1. The third kappa shape index (κ3) is 6.17. The van der Waals surface area contributed by atoms with E-state index in [9.17, 15) is 22.8 Å². The highest BCUT2D eigenvalue weighted by Gasteiger charge is 2.30. The first-order valence-corrected chi connectivity index (χ1v) is 10.6. The van der Waals surface area contributed by atoms with Gasteiger partial charge in [0.25, 0.3) is 0 Å². The molecule has 0 atom stereocenters. The van der Waals surface area contributed by atoms with Crippen LogP contribution in [0.3, 0.4) is 0 Å². The van der Waals surface area contributed by atoms with Crippen molar-refractivity contribution < 1.29 is 32.2 Å². The van der Waals surface area contributed by atoms with Crippen molar-refractivity contribution >= 4 is 29.1 Å². The van der Waals surface area contributed by atoms with E-state index in [1.165, 1.54) is 25.3 Å². The highest BCUT2D eigenvalue weighted by molar-refractivity contribution is 5.99. The third-order valence-corrected chi connectivity index (χ3v) is 5.03. The van der Waals surface area contributed by atoms with Crippen LogP contribution in [0.4, 0.5) is 29.3 Å². The first-order chi connectivity index (χ1) is 16.7. The molecule has 0 aliphatic heterocycles. The van der Waals surface area contributed by atoms with Gasteiger partial charge in [-0.2, -0.15) is 13.2 Å². The number of carbonyl (C=O) groups excluding carboxylic acids is 2. The number of aryl methyl sites for hydroxylation is 1. The average Bonchev–Trinajstić information content (AvgIpc) is 2.80. The first kappa shape index (κ1) is 23.8. The fourth-order valence-electron chi connectivity index (χ4n) is 3.47. The Morgan fingerprint density at radius 1 is 0.971 bits per heavy atom. The number of fused-ring (bicyclic) bond motifs is 1. The number of rotatable bonds is 5. The van der Waals surface area contributed by atoms with Gasteiger partial charge in [-0.25, -0.2) is 9.78 Å². The van der Waals surface area contributed by atoms with Crippen LogP contribution in [0.15, 0.2) is 66.9 Å². The number of benzene rings is 2. The van der Waals surface area contributed by atoms with Crippen molar-refractivity contribution in [2.75, 3.05) is 10.6 Å². The van der Waals surface area contributed by atoms with Gasteiger partial charge in [0.2, 0.25) is 5.88 Å². The summed E-state index contributed by atoms with van der Waals surface area (Å²) in [5.41, 5.74) is 1.60. The standard InChI is InChI=1S/C25H20F3N3O4/c1-15(32)34-22-4-2-3-16-13-20(10-11-21(16)22)35-23-12-9-19(14-29-23)31-24(33)30-18-7-5-17(6-8-18)25(26,27)28/h4-14H,2-3H2,1H3,(H2,30,31,33). The molecule has 0 spiro atoms. The Balaban J connectivity index is 1.35. The molecule has 1 aliphatic carbocycles. The molecule has 2 amide bonds. The molecule has 1 heterocycles. The molecule has 0 bridgehead atoms. The Morgan fingerprint density at radius 3 is 2.34 bits per heavy atom. The van der Waals surface area contributed by atoms with Crippen LogP contribution in [0.1, 0.15) is 30.0 Å². The number of esters is 1. The summed E-state index contributed by atoms with van der Waals surface area (Å²) in [7, 11) is 0. The van der Waals surface area contributed by atoms with Gasteiger partial charge in [-0.1, -0.05) is 0 Å². The fraction of sp³-hybridized carbons (Fsp3) is 0.160. The van der Waals surface area contributed by atoms with E-state index in [0.29, 0.717) is 23.1 Å². The summed E-state index contributed by atoms with van der Waals surface area (Å²) < 4.78 is 49.0. The maximum atomic E-state index is 12.6. The first-order valence-electron chi connectivity index (χ1n) is 10.6. The largest absolute Gasteiger partial charge is 0.439 e. The summed E-state index contributed by atoms with van der Waals surface area (Å²) in [6.45, 7) is 1.36. The summed E-state index contributed by atoms with van der Waals surface area (Å²) in [4.78, 5) is 27.6. The number of nitrogens with one attached hydrogen (secondary N) is 2. The van der Waals surface area contributed by atoms with Gasteiger partial charge >= 0.3 is 18.2 Å². The molecule has 2 N–H and O–H groups in total. The summed E-state index contributed by atoms with van der Waals surface area (Å²) in [5, 5.41) is 5.01. The van der Waals surface area contributed by atoms with E-state index in [1.807, 2.05) is 18.2 Å². The second-order valence-corrected chi connectivity index (χ2v) is 7.66. The number of alkyl halides is 3. The highest BCUT2D eigenvalue weighted by Crippen LogP contribution is 2.32. The minimum Gasteiger partial charge on any atom is -0.439 e. The van der Waals surface area contributed by atoms with Gasteiger partial charge in [0.1, 0.15) is 11.5 Å².